The molecule has 0 unspecified atom stereocenters. The number of aliphatic carboxylic acids is 1. The van der Waals surface area contributed by atoms with Gasteiger partial charge in [-0.2, -0.15) is 13.5 Å². The summed E-state index contributed by atoms with van der Waals surface area (Å²) in [6.07, 6.45) is 1.76. The van der Waals surface area contributed by atoms with Crippen LogP contribution < -0.4 is 15.4 Å². The second kappa shape index (κ2) is 15.1. The Labute approximate surface area is 242 Å². The fourth-order valence-corrected chi connectivity index (χ4v) is 4.11. The fraction of sp³-hybridized carbons (Fsp3) is 0.222. The normalized spacial score (nSPS) is 11.1. The highest BCUT2D eigenvalue weighted by Crippen LogP contribution is 2.24. The first-order chi connectivity index (χ1) is 18.2. The number of hydrogen-bond donors (Lipinski definition) is 3. The molecular weight excluding hydrogens is 565 g/mol. The molecule has 0 saturated heterocycles. The number of methoxy groups -OCH3 is 1. The number of rotatable bonds is 12. The van der Waals surface area contributed by atoms with Crippen molar-refractivity contribution >= 4 is 60.3 Å². The van der Waals surface area contributed by atoms with Gasteiger partial charge in [0.1, 0.15) is 11.8 Å². The van der Waals surface area contributed by atoms with Crippen molar-refractivity contribution in [3.63, 3.8) is 0 Å². The Kier molecular flexibility index (Phi) is 12.2. The Morgan fingerprint density at radius 3 is 2.31 bits per heavy atom. The van der Waals surface area contributed by atoms with Crippen molar-refractivity contribution in [2.75, 3.05) is 13.7 Å². The maximum atomic E-state index is 12.6. The van der Waals surface area contributed by atoms with Gasteiger partial charge in [-0.25, -0.2) is 4.79 Å². The van der Waals surface area contributed by atoms with Crippen LogP contribution in [0.2, 0.25) is 10.0 Å². The molecule has 0 aliphatic rings. The van der Waals surface area contributed by atoms with Crippen molar-refractivity contribution in [1.82, 2.24) is 15.6 Å². The van der Waals surface area contributed by atoms with Gasteiger partial charge >= 0.3 is 5.97 Å². The van der Waals surface area contributed by atoms with Crippen molar-refractivity contribution in [1.29, 1.82) is 0 Å². The number of nitrogens with zero attached hydrogens (tertiary/aromatic N) is 1. The van der Waals surface area contributed by atoms with E-state index in [9.17, 15) is 24.3 Å². The molecular formula is C27H27Cl2N3O6S. The van der Waals surface area contributed by atoms with Gasteiger partial charge in [0.15, 0.2) is 5.78 Å². The Balaban J connectivity index is 0.00000533. The Hall–Kier alpha value is -3.60. The molecule has 1 atom stereocenters. The zero-order valence-electron chi connectivity index (χ0n) is 20.9. The Morgan fingerprint density at radius 1 is 1.00 bits per heavy atom. The summed E-state index contributed by atoms with van der Waals surface area (Å²) in [5, 5.41) is 14.5. The van der Waals surface area contributed by atoms with Crippen LogP contribution in [0.5, 0.6) is 5.75 Å². The molecule has 0 fully saturated rings. The van der Waals surface area contributed by atoms with E-state index in [0.717, 1.165) is 11.3 Å². The van der Waals surface area contributed by atoms with E-state index in [-0.39, 0.29) is 48.5 Å². The van der Waals surface area contributed by atoms with E-state index in [1.54, 1.807) is 43.6 Å². The molecule has 206 valence electrons. The molecule has 39 heavy (non-hydrogen) atoms. The number of hydrogen-bond acceptors (Lipinski definition) is 6. The third kappa shape index (κ3) is 9.27. The Morgan fingerprint density at radius 2 is 1.69 bits per heavy atom. The summed E-state index contributed by atoms with van der Waals surface area (Å²) >= 11 is 12.0. The van der Waals surface area contributed by atoms with Crippen LogP contribution in [0.3, 0.4) is 0 Å². The average molecular weight is 593 g/mol. The average Bonchev–Trinajstić information content (AvgIpc) is 2.90. The highest BCUT2D eigenvalue weighted by atomic mass is 35.5. The van der Waals surface area contributed by atoms with Crippen LogP contribution in [0, 0.1) is 0 Å². The molecule has 0 saturated carbocycles. The molecule has 9 nitrogen and oxygen atoms in total. The van der Waals surface area contributed by atoms with E-state index in [4.69, 9.17) is 27.9 Å². The monoisotopic (exact) mass is 591 g/mol. The number of carbonyl (C=O) groups excluding carboxylic acids is 3. The largest absolute Gasteiger partial charge is 0.495 e. The zero-order valence-corrected chi connectivity index (χ0v) is 23.4. The highest BCUT2D eigenvalue weighted by molar-refractivity contribution is 7.59. The number of benzene rings is 2. The maximum absolute atomic E-state index is 12.6. The summed E-state index contributed by atoms with van der Waals surface area (Å²) in [6, 6.07) is 13.7. The van der Waals surface area contributed by atoms with Gasteiger partial charge in [0.25, 0.3) is 11.8 Å². The number of carboxylic acid groups (broad SMARTS) is 1. The van der Waals surface area contributed by atoms with Gasteiger partial charge in [0.05, 0.1) is 35.5 Å². The van der Waals surface area contributed by atoms with Gasteiger partial charge in [-0.05, 0) is 48.4 Å². The zero-order chi connectivity index (χ0) is 27.7. The molecule has 3 N–H and O–H groups in total. The number of carboxylic acids is 1. The standard InChI is InChI=1S/C27H25Cl2N3O6.H2S/c1-38-20-10-8-18(30-15-20)13-16-4-2-5-17(12-16)25(34)31-14-19(33)9-11-23(27(36)37)32-26(35)24-21(28)6-3-7-22(24)29;/h2-8,10,12,15,23H,9,11,13-14H2,1H3,(H,31,34)(H,32,35)(H,36,37);1H2/t23-;/m0./s1. The van der Waals surface area contributed by atoms with Crippen LogP contribution in [0.25, 0.3) is 0 Å². The molecule has 0 aliphatic heterocycles. The van der Waals surface area contributed by atoms with Gasteiger partial charge in [0, 0.05) is 24.1 Å². The van der Waals surface area contributed by atoms with Gasteiger partial charge < -0.3 is 20.5 Å². The summed E-state index contributed by atoms with van der Waals surface area (Å²) in [7, 11) is 1.56. The van der Waals surface area contributed by atoms with Crippen molar-refractivity contribution in [3.05, 3.63) is 93.2 Å². The lowest BCUT2D eigenvalue weighted by Crippen LogP contribution is -2.41. The smallest absolute Gasteiger partial charge is 0.326 e. The first kappa shape index (κ1) is 31.6. The minimum Gasteiger partial charge on any atom is -0.495 e. The van der Waals surface area contributed by atoms with Crippen LogP contribution in [0.15, 0.2) is 60.8 Å². The molecule has 12 heteroatoms. The molecule has 2 aromatic carbocycles. The van der Waals surface area contributed by atoms with Gasteiger partial charge in [0.2, 0.25) is 0 Å². The SMILES string of the molecule is COc1ccc(Cc2cccc(C(=O)NCC(=O)CC[C@H](NC(=O)c3c(Cl)cccc3Cl)C(=O)O)c2)nc1.S. The molecule has 0 radical (unpaired) electrons. The first-order valence-electron chi connectivity index (χ1n) is 11.5. The Bertz CT molecular complexity index is 1320. The van der Waals surface area contributed by atoms with Crippen molar-refractivity contribution in [2.24, 2.45) is 0 Å². The predicted molar refractivity (Wildman–Crippen MR) is 152 cm³/mol. The summed E-state index contributed by atoms with van der Waals surface area (Å²) in [4.78, 5) is 53.4. The molecule has 0 bridgehead atoms. The van der Waals surface area contributed by atoms with Crippen LogP contribution >= 0.6 is 36.7 Å². The van der Waals surface area contributed by atoms with Crippen LogP contribution in [-0.2, 0) is 16.0 Å². The summed E-state index contributed by atoms with van der Waals surface area (Å²) in [6.45, 7) is -0.292. The van der Waals surface area contributed by atoms with Crippen molar-refractivity contribution < 1.29 is 29.0 Å². The quantitative estimate of drug-likeness (QED) is 0.289. The number of halogens is 2. The van der Waals surface area contributed by atoms with Gasteiger partial charge in [-0.15, -0.1) is 0 Å². The fourth-order valence-electron chi connectivity index (χ4n) is 3.55. The summed E-state index contributed by atoms with van der Waals surface area (Å²) in [5.74, 6) is -2.28. The van der Waals surface area contributed by atoms with E-state index >= 15 is 0 Å². The highest BCUT2D eigenvalue weighted by Gasteiger charge is 2.24. The third-order valence-electron chi connectivity index (χ3n) is 5.56. The molecule has 2 amide bonds. The molecule has 0 aliphatic carbocycles. The second-order valence-corrected chi connectivity index (χ2v) is 9.10. The van der Waals surface area contributed by atoms with Gasteiger partial charge in [-0.1, -0.05) is 41.4 Å². The van der Waals surface area contributed by atoms with Crippen LogP contribution in [0.1, 0.15) is 44.8 Å². The van der Waals surface area contributed by atoms with E-state index in [1.807, 2.05) is 12.1 Å². The third-order valence-corrected chi connectivity index (χ3v) is 6.19. The molecule has 3 rings (SSSR count). The summed E-state index contributed by atoms with van der Waals surface area (Å²) < 4.78 is 5.10. The molecule has 0 spiro atoms. The van der Waals surface area contributed by atoms with E-state index in [0.29, 0.717) is 17.7 Å². The predicted octanol–water partition coefficient (Wildman–Crippen LogP) is 4.06. The number of carbonyl (C=O) groups is 4. The first-order valence-corrected chi connectivity index (χ1v) is 12.3. The van der Waals surface area contributed by atoms with Crippen molar-refractivity contribution in [2.45, 2.75) is 25.3 Å². The topological polar surface area (TPSA) is 135 Å². The number of aromatic nitrogens is 1. The minimum atomic E-state index is -1.35. The van der Waals surface area contributed by atoms with E-state index in [2.05, 4.69) is 15.6 Å². The lowest BCUT2D eigenvalue weighted by atomic mass is 10.1. The maximum Gasteiger partial charge on any atom is 0.326 e. The number of pyridine rings is 1. The lowest BCUT2D eigenvalue weighted by molar-refractivity contribution is -0.139. The second-order valence-electron chi connectivity index (χ2n) is 8.29. The van der Waals surface area contributed by atoms with Crippen molar-refractivity contribution in [3.8, 4) is 5.75 Å². The minimum absolute atomic E-state index is 0. The van der Waals surface area contributed by atoms with E-state index in [1.165, 1.54) is 12.1 Å². The molecule has 1 aromatic heterocycles. The van der Waals surface area contributed by atoms with E-state index < -0.39 is 29.6 Å². The van der Waals surface area contributed by atoms with Crippen LogP contribution in [0.4, 0.5) is 0 Å². The van der Waals surface area contributed by atoms with Crippen LogP contribution in [-0.4, -0.2) is 53.4 Å². The lowest BCUT2D eigenvalue weighted by Gasteiger charge is -2.15. The molecule has 3 aromatic rings. The number of Topliss-reactive ketones (excluding diaryl/α,β-unsaturated/α-hetero) is 1. The van der Waals surface area contributed by atoms with Gasteiger partial charge in [-0.3, -0.25) is 19.4 Å². The number of ether oxygens (including phenoxy) is 1. The molecule has 1 heterocycles. The summed E-state index contributed by atoms with van der Waals surface area (Å²) in [5.41, 5.74) is 1.98. The number of ketones is 1. The number of amides is 2. The number of nitrogens with one attached hydrogen (secondary N) is 2.